The van der Waals surface area contributed by atoms with Gasteiger partial charge in [0, 0.05) is 6.61 Å². The van der Waals surface area contributed by atoms with Crippen molar-refractivity contribution in [2.24, 2.45) is 11.8 Å². The first-order valence-electron chi connectivity index (χ1n) is 8.91. The number of hydrogen-bond donors (Lipinski definition) is 0. The van der Waals surface area contributed by atoms with E-state index < -0.39 is 8.32 Å². The van der Waals surface area contributed by atoms with Crippen molar-refractivity contribution in [3.8, 4) is 0 Å². The summed E-state index contributed by atoms with van der Waals surface area (Å²) < 4.78 is 6.29. The van der Waals surface area contributed by atoms with Crippen LogP contribution in [0.15, 0.2) is 24.8 Å². The molecule has 0 saturated carbocycles. The van der Waals surface area contributed by atoms with E-state index in [0.717, 1.165) is 18.9 Å². The molecule has 22 heavy (non-hydrogen) atoms. The zero-order chi connectivity index (χ0) is 17.4. The lowest BCUT2D eigenvalue weighted by Crippen LogP contribution is -2.41. The molecule has 2 atom stereocenters. The van der Waals surface area contributed by atoms with Gasteiger partial charge in [-0.3, -0.25) is 0 Å². The highest BCUT2D eigenvalue weighted by Gasteiger charge is 2.36. The maximum absolute atomic E-state index is 6.29. The molecule has 0 radical (unpaired) electrons. The Morgan fingerprint density at radius 2 is 1.73 bits per heavy atom. The molecule has 0 saturated heterocycles. The quantitative estimate of drug-likeness (QED) is 0.294. The third-order valence-electron chi connectivity index (χ3n) is 5.30. The van der Waals surface area contributed by atoms with Gasteiger partial charge in [0.15, 0.2) is 8.32 Å². The van der Waals surface area contributed by atoms with Gasteiger partial charge in [0.25, 0.3) is 0 Å². The number of hydrogen-bond acceptors (Lipinski definition) is 1. The molecule has 0 aromatic rings. The summed E-state index contributed by atoms with van der Waals surface area (Å²) in [6.07, 6.45) is 8.02. The summed E-state index contributed by atoms with van der Waals surface area (Å²) in [6.45, 7) is 25.0. The van der Waals surface area contributed by atoms with Gasteiger partial charge in [0.2, 0.25) is 0 Å². The van der Waals surface area contributed by atoms with Gasteiger partial charge in [-0.2, -0.15) is 0 Å². The van der Waals surface area contributed by atoms with Crippen molar-refractivity contribution in [1.82, 2.24) is 0 Å². The topological polar surface area (TPSA) is 9.23 Å². The van der Waals surface area contributed by atoms with E-state index in [9.17, 15) is 0 Å². The van der Waals surface area contributed by atoms with Crippen LogP contribution in [0.3, 0.4) is 0 Å². The van der Waals surface area contributed by atoms with E-state index in [1.54, 1.807) is 0 Å². The average molecular weight is 325 g/mol. The van der Waals surface area contributed by atoms with Crippen LogP contribution < -0.4 is 0 Å². The Balaban J connectivity index is 4.11. The molecule has 0 aliphatic rings. The monoisotopic (exact) mass is 324 g/mol. The smallest absolute Gasteiger partial charge is 0.191 e. The van der Waals surface area contributed by atoms with Gasteiger partial charge >= 0.3 is 0 Å². The van der Waals surface area contributed by atoms with Crippen molar-refractivity contribution < 1.29 is 4.43 Å². The lowest BCUT2D eigenvalue weighted by atomic mass is 9.88. The Morgan fingerprint density at radius 3 is 2.18 bits per heavy atom. The Morgan fingerprint density at radius 1 is 1.14 bits per heavy atom. The highest BCUT2D eigenvalue weighted by molar-refractivity contribution is 6.74. The van der Waals surface area contributed by atoms with Crippen LogP contribution in [-0.2, 0) is 4.43 Å². The fourth-order valence-corrected chi connectivity index (χ4v) is 3.38. The van der Waals surface area contributed by atoms with Gasteiger partial charge < -0.3 is 4.43 Å². The molecule has 130 valence electrons. The van der Waals surface area contributed by atoms with Gasteiger partial charge in [0.05, 0.1) is 0 Å². The standard InChI is InChI=1S/C20H40OSi/c1-10-11-12-19(17(2)3)14-13-18(4)15-16-21-22(8,9)20(5,6)7/h10,18-19H,1-2,11-16H2,3-9H3. The van der Waals surface area contributed by atoms with Crippen LogP contribution in [0.25, 0.3) is 0 Å². The SMILES string of the molecule is C=CCCC(CCC(C)CCO[Si](C)(C)C(C)(C)C)C(=C)C. The second-order valence-electron chi connectivity index (χ2n) is 8.49. The minimum Gasteiger partial charge on any atom is -0.417 e. The molecule has 0 aliphatic heterocycles. The predicted molar refractivity (Wildman–Crippen MR) is 104 cm³/mol. The average Bonchev–Trinajstić information content (AvgIpc) is 2.36. The largest absolute Gasteiger partial charge is 0.417 e. The second-order valence-corrected chi connectivity index (χ2v) is 13.3. The minimum absolute atomic E-state index is 0.311. The van der Waals surface area contributed by atoms with Gasteiger partial charge in [0.1, 0.15) is 0 Å². The first-order valence-corrected chi connectivity index (χ1v) is 11.8. The maximum Gasteiger partial charge on any atom is 0.191 e. The first-order chi connectivity index (χ1) is 10.0. The normalized spacial score (nSPS) is 15.4. The van der Waals surface area contributed by atoms with Crippen LogP contribution in [0, 0.1) is 11.8 Å². The van der Waals surface area contributed by atoms with E-state index in [0.29, 0.717) is 11.0 Å². The zero-order valence-corrected chi connectivity index (χ0v) is 17.3. The summed E-state index contributed by atoms with van der Waals surface area (Å²) in [5, 5.41) is 0.311. The molecule has 0 spiro atoms. The molecule has 0 aliphatic carbocycles. The van der Waals surface area contributed by atoms with E-state index in [1.807, 2.05) is 6.08 Å². The molecule has 0 N–H and O–H groups in total. The molecular weight excluding hydrogens is 284 g/mol. The van der Waals surface area contributed by atoms with Gasteiger partial charge in [-0.25, -0.2) is 0 Å². The Hall–Kier alpha value is -0.343. The lowest BCUT2D eigenvalue weighted by Gasteiger charge is -2.36. The van der Waals surface area contributed by atoms with Crippen molar-refractivity contribution in [3.05, 3.63) is 24.8 Å². The van der Waals surface area contributed by atoms with Crippen molar-refractivity contribution in [3.63, 3.8) is 0 Å². The highest BCUT2D eigenvalue weighted by Crippen LogP contribution is 2.36. The zero-order valence-electron chi connectivity index (χ0n) is 16.3. The summed E-state index contributed by atoms with van der Waals surface area (Å²) in [5.74, 6) is 1.39. The molecular formula is C20H40OSi. The molecule has 0 heterocycles. The molecule has 0 aromatic heterocycles. The summed E-state index contributed by atoms with van der Waals surface area (Å²) in [7, 11) is -1.58. The third-order valence-corrected chi connectivity index (χ3v) is 9.84. The summed E-state index contributed by atoms with van der Waals surface area (Å²) in [6, 6.07) is 0. The van der Waals surface area contributed by atoms with Crippen molar-refractivity contribution >= 4 is 8.32 Å². The summed E-state index contributed by atoms with van der Waals surface area (Å²) in [5.41, 5.74) is 1.33. The molecule has 2 heteroatoms. The molecule has 0 aromatic carbocycles. The van der Waals surface area contributed by atoms with E-state index >= 15 is 0 Å². The molecule has 1 nitrogen and oxygen atoms in total. The lowest BCUT2D eigenvalue weighted by molar-refractivity contribution is 0.252. The fraction of sp³-hybridized carbons (Fsp3) is 0.800. The van der Waals surface area contributed by atoms with Crippen molar-refractivity contribution in [2.75, 3.05) is 6.61 Å². The maximum atomic E-state index is 6.29. The van der Waals surface area contributed by atoms with E-state index in [-0.39, 0.29) is 0 Å². The second kappa shape index (κ2) is 9.72. The first kappa shape index (κ1) is 21.7. The molecule has 0 rings (SSSR count). The van der Waals surface area contributed by atoms with Crippen LogP contribution in [-0.4, -0.2) is 14.9 Å². The van der Waals surface area contributed by atoms with Crippen LogP contribution in [0.1, 0.15) is 66.7 Å². The van der Waals surface area contributed by atoms with E-state index in [2.05, 4.69) is 60.9 Å². The third kappa shape index (κ3) is 8.33. The van der Waals surface area contributed by atoms with Crippen LogP contribution in [0.5, 0.6) is 0 Å². The van der Waals surface area contributed by atoms with Crippen molar-refractivity contribution in [1.29, 1.82) is 0 Å². The highest BCUT2D eigenvalue weighted by atomic mass is 28.4. The molecule has 0 fully saturated rings. The Labute approximate surface area is 141 Å². The van der Waals surface area contributed by atoms with E-state index in [1.165, 1.54) is 31.3 Å². The van der Waals surface area contributed by atoms with Crippen LogP contribution in [0.2, 0.25) is 18.1 Å². The Bertz CT molecular complexity index is 338. The van der Waals surface area contributed by atoms with Crippen molar-refractivity contribution in [2.45, 2.75) is 84.9 Å². The number of allylic oxidation sites excluding steroid dienone is 2. The Kier molecular flexibility index (Phi) is 9.57. The van der Waals surface area contributed by atoms with E-state index in [4.69, 9.17) is 4.43 Å². The van der Waals surface area contributed by atoms with Gasteiger partial charge in [-0.15, -0.1) is 6.58 Å². The minimum atomic E-state index is -1.58. The molecule has 2 unspecified atom stereocenters. The molecule has 0 bridgehead atoms. The van der Waals surface area contributed by atoms with Gasteiger partial charge in [-0.1, -0.05) is 52.3 Å². The number of rotatable bonds is 11. The predicted octanol–water partition coefficient (Wildman–Crippen LogP) is 6.97. The molecule has 0 amide bonds. The summed E-state index contributed by atoms with van der Waals surface area (Å²) in [4.78, 5) is 0. The van der Waals surface area contributed by atoms with Gasteiger partial charge in [-0.05, 0) is 62.6 Å². The summed E-state index contributed by atoms with van der Waals surface area (Å²) >= 11 is 0. The van der Waals surface area contributed by atoms with Crippen LogP contribution in [0.4, 0.5) is 0 Å². The van der Waals surface area contributed by atoms with Crippen LogP contribution >= 0.6 is 0 Å². The fourth-order valence-electron chi connectivity index (χ4n) is 2.32.